The predicted octanol–water partition coefficient (Wildman–Crippen LogP) is 4.66. The van der Waals surface area contributed by atoms with Crippen molar-refractivity contribution in [2.45, 2.75) is 16.7 Å². The zero-order chi connectivity index (χ0) is 24.5. The Hall–Kier alpha value is -3.96. The summed E-state index contributed by atoms with van der Waals surface area (Å²) in [6.45, 7) is 1.52. The number of nitrogens with one attached hydrogen (secondary N) is 2. The lowest BCUT2D eigenvalue weighted by molar-refractivity contribution is -0.385. The summed E-state index contributed by atoms with van der Waals surface area (Å²) in [4.78, 5) is 10.0. The van der Waals surface area contributed by atoms with Crippen LogP contribution in [0.2, 0.25) is 0 Å². The maximum absolute atomic E-state index is 12.9. The minimum Gasteiger partial charge on any atom is -0.280 e. The molecule has 4 rings (SSSR count). The zero-order valence-corrected chi connectivity index (χ0v) is 19.4. The van der Waals surface area contributed by atoms with Gasteiger partial charge in [0.2, 0.25) is 0 Å². The van der Waals surface area contributed by atoms with Gasteiger partial charge in [-0.25, -0.2) is 16.8 Å². The van der Waals surface area contributed by atoms with Crippen LogP contribution in [0.1, 0.15) is 5.56 Å². The molecule has 4 aromatic carbocycles. The van der Waals surface area contributed by atoms with Gasteiger partial charge >= 0.3 is 0 Å². The van der Waals surface area contributed by atoms with Gasteiger partial charge in [-0.05, 0) is 48.2 Å². The zero-order valence-electron chi connectivity index (χ0n) is 17.8. The highest BCUT2D eigenvalue weighted by Crippen LogP contribution is 2.27. The van der Waals surface area contributed by atoms with E-state index in [2.05, 4.69) is 9.44 Å². The minimum atomic E-state index is -4.14. The maximum Gasteiger partial charge on any atom is 0.270 e. The van der Waals surface area contributed by atoms with E-state index in [1.807, 2.05) is 24.3 Å². The number of anilines is 2. The Balaban J connectivity index is 1.58. The Labute approximate surface area is 196 Å². The van der Waals surface area contributed by atoms with Crippen molar-refractivity contribution in [3.05, 3.63) is 101 Å². The molecule has 9 nitrogen and oxygen atoms in total. The molecule has 0 aliphatic heterocycles. The van der Waals surface area contributed by atoms with Gasteiger partial charge in [-0.2, -0.15) is 0 Å². The topological polar surface area (TPSA) is 135 Å². The van der Waals surface area contributed by atoms with Gasteiger partial charge < -0.3 is 0 Å². The Morgan fingerprint density at radius 2 is 1.44 bits per heavy atom. The van der Waals surface area contributed by atoms with Crippen LogP contribution in [0.5, 0.6) is 0 Å². The van der Waals surface area contributed by atoms with Gasteiger partial charge in [-0.15, -0.1) is 0 Å². The lowest BCUT2D eigenvalue weighted by Gasteiger charge is -2.13. The minimum absolute atomic E-state index is 0.0603. The number of hydrogen-bond donors (Lipinski definition) is 2. The SMILES string of the molecule is Cc1ccc([N+](=O)[O-])cc1S(=O)(=O)Nc1ccc(S(=O)(=O)Nc2cccc3ccccc23)cc1. The monoisotopic (exact) mass is 497 g/mol. The van der Waals surface area contributed by atoms with Crippen molar-refractivity contribution >= 4 is 47.9 Å². The summed E-state index contributed by atoms with van der Waals surface area (Å²) in [7, 11) is -8.08. The molecule has 0 spiro atoms. The first kappa shape index (κ1) is 23.2. The molecule has 0 aliphatic carbocycles. The fourth-order valence-corrected chi connectivity index (χ4v) is 5.83. The maximum atomic E-state index is 12.9. The van der Waals surface area contributed by atoms with Gasteiger partial charge in [-0.3, -0.25) is 19.6 Å². The number of sulfonamides is 2. The molecule has 174 valence electrons. The molecule has 0 atom stereocenters. The standard InChI is InChI=1S/C23H19N3O6S2/c1-16-9-12-19(26(27)28)15-23(16)34(31,32)24-18-10-13-20(14-11-18)33(29,30)25-22-8-4-6-17-5-2-3-7-21(17)22/h2-15,24-25H,1H3. The number of nitrogens with zero attached hydrogens (tertiary/aromatic N) is 1. The Morgan fingerprint density at radius 3 is 2.15 bits per heavy atom. The van der Waals surface area contributed by atoms with Crippen molar-refractivity contribution in [1.82, 2.24) is 0 Å². The number of hydrogen-bond acceptors (Lipinski definition) is 6. The van der Waals surface area contributed by atoms with E-state index in [0.29, 0.717) is 11.3 Å². The number of non-ortho nitro benzene ring substituents is 1. The molecule has 0 bridgehead atoms. The van der Waals surface area contributed by atoms with E-state index in [-0.39, 0.29) is 21.2 Å². The summed E-state index contributed by atoms with van der Waals surface area (Å²) in [6.07, 6.45) is 0. The molecule has 0 fully saturated rings. The van der Waals surface area contributed by atoms with Crippen molar-refractivity contribution in [2.75, 3.05) is 9.44 Å². The molecule has 4 aromatic rings. The molecule has 0 unspecified atom stereocenters. The van der Waals surface area contributed by atoms with E-state index < -0.39 is 25.0 Å². The van der Waals surface area contributed by atoms with Crippen LogP contribution in [0, 0.1) is 17.0 Å². The summed E-state index contributed by atoms with van der Waals surface area (Å²) in [5, 5.41) is 12.6. The van der Waals surface area contributed by atoms with Crippen LogP contribution in [0.15, 0.2) is 94.7 Å². The number of nitro groups is 1. The van der Waals surface area contributed by atoms with E-state index in [4.69, 9.17) is 0 Å². The average molecular weight is 498 g/mol. The molecule has 0 radical (unpaired) electrons. The smallest absolute Gasteiger partial charge is 0.270 e. The summed E-state index contributed by atoms with van der Waals surface area (Å²) in [5.74, 6) is 0. The highest BCUT2D eigenvalue weighted by atomic mass is 32.2. The molecule has 0 aromatic heterocycles. The third-order valence-electron chi connectivity index (χ3n) is 5.12. The number of rotatable bonds is 7. The number of aryl methyl sites for hydroxylation is 1. The fourth-order valence-electron chi connectivity index (χ4n) is 3.42. The highest BCUT2D eigenvalue weighted by Gasteiger charge is 2.21. The number of benzene rings is 4. The summed E-state index contributed by atoms with van der Waals surface area (Å²) in [6, 6.07) is 21.3. The average Bonchev–Trinajstić information content (AvgIpc) is 2.79. The summed E-state index contributed by atoms with van der Waals surface area (Å²) >= 11 is 0. The van der Waals surface area contributed by atoms with E-state index in [0.717, 1.165) is 16.8 Å². The third kappa shape index (κ3) is 4.70. The van der Waals surface area contributed by atoms with Crippen LogP contribution >= 0.6 is 0 Å². The highest BCUT2D eigenvalue weighted by molar-refractivity contribution is 7.93. The van der Waals surface area contributed by atoms with E-state index in [9.17, 15) is 26.9 Å². The van der Waals surface area contributed by atoms with E-state index in [1.54, 1.807) is 18.2 Å². The second-order valence-electron chi connectivity index (χ2n) is 7.47. The normalized spacial score (nSPS) is 11.8. The molecule has 2 N–H and O–H groups in total. The van der Waals surface area contributed by atoms with Crippen molar-refractivity contribution in [2.24, 2.45) is 0 Å². The summed E-state index contributed by atoms with van der Waals surface area (Å²) < 4.78 is 56.2. The fraction of sp³-hybridized carbons (Fsp3) is 0.0435. The van der Waals surface area contributed by atoms with Crippen LogP contribution < -0.4 is 9.44 Å². The first-order valence-electron chi connectivity index (χ1n) is 9.95. The van der Waals surface area contributed by atoms with Crippen molar-refractivity contribution in [3.8, 4) is 0 Å². The molecule has 0 heterocycles. The molecule has 34 heavy (non-hydrogen) atoms. The Morgan fingerprint density at radius 1 is 0.765 bits per heavy atom. The molecular formula is C23H19N3O6S2. The number of fused-ring (bicyclic) bond motifs is 1. The van der Waals surface area contributed by atoms with Crippen LogP contribution in [0.4, 0.5) is 17.1 Å². The number of nitro benzene ring substituents is 1. The first-order chi connectivity index (χ1) is 16.1. The second kappa shape index (κ2) is 8.76. The molecule has 0 amide bonds. The van der Waals surface area contributed by atoms with Crippen LogP contribution in [-0.4, -0.2) is 21.8 Å². The molecule has 0 saturated heterocycles. The van der Waals surface area contributed by atoms with Crippen LogP contribution in [0.25, 0.3) is 10.8 Å². The lowest BCUT2D eigenvalue weighted by Crippen LogP contribution is -2.15. The molecule has 11 heteroatoms. The third-order valence-corrected chi connectivity index (χ3v) is 8.03. The van der Waals surface area contributed by atoms with Crippen molar-refractivity contribution in [1.29, 1.82) is 0 Å². The van der Waals surface area contributed by atoms with Gasteiger partial charge in [-0.1, -0.05) is 42.5 Å². The largest absolute Gasteiger partial charge is 0.280 e. The lowest BCUT2D eigenvalue weighted by atomic mass is 10.1. The summed E-state index contributed by atoms with van der Waals surface area (Å²) in [5.41, 5.74) is 0.502. The van der Waals surface area contributed by atoms with Gasteiger partial charge in [0.05, 0.1) is 20.4 Å². The molecule has 0 saturated carbocycles. The van der Waals surface area contributed by atoms with Crippen molar-refractivity contribution < 1.29 is 21.8 Å². The molecule has 0 aliphatic rings. The van der Waals surface area contributed by atoms with Gasteiger partial charge in [0.25, 0.3) is 25.7 Å². The molecular weight excluding hydrogens is 478 g/mol. The second-order valence-corrected chi connectivity index (χ2v) is 10.8. The first-order valence-corrected chi connectivity index (χ1v) is 12.9. The van der Waals surface area contributed by atoms with Crippen molar-refractivity contribution in [3.63, 3.8) is 0 Å². The van der Waals surface area contributed by atoms with E-state index >= 15 is 0 Å². The van der Waals surface area contributed by atoms with Gasteiger partial charge in [0.15, 0.2) is 0 Å². The Kier molecular flexibility index (Phi) is 5.98. The quantitative estimate of drug-likeness (QED) is 0.282. The van der Waals surface area contributed by atoms with Gasteiger partial charge in [0.1, 0.15) is 0 Å². The van der Waals surface area contributed by atoms with Crippen LogP contribution in [-0.2, 0) is 20.0 Å². The predicted molar refractivity (Wildman–Crippen MR) is 130 cm³/mol. The Bertz CT molecular complexity index is 1610. The van der Waals surface area contributed by atoms with Crippen LogP contribution in [0.3, 0.4) is 0 Å². The van der Waals surface area contributed by atoms with E-state index in [1.165, 1.54) is 43.3 Å². The van der Waals surface area contributed by atoms with Gasteiger partial charge in [0, 0.05) is 23.2 Å².